The minimum Gasteiger partial charge on any atom is -0.326 e. The molecule has 1 nitrogen and oxygen atoms in total. The van der Waals surface area contributed by atoms with Gasteiger partial charge in [-0.2, -0.15) is 0 Å². The summed E-state index contributed by atoms with van der Waals surface area (Å²) in [5, 5.41) is 2.17. The van der Waals surface area contributed by atoms with Crippen LogP contribution >= 0.6 is 46.6 Å². The van der Waals surface area contributed by atoms with Gasteiger partial charge < -0.3 is 5.73 Å². The van der Waals surface area contributed by atoms with Gasteiger partial charge in [0.2, 0.25) is 0 Å². The second-order valence-corrected chi connectivity index (χ2v) is 7.20. The second-order valence-electron chi connectivity index (χ2n) is 4.74. The largest absolute Gasteiger partial charge is 0.326 e. The summed E-state index contributed by atoms with van der Waals surface area (Å²) in [6.07, 6.45) is 0.873. The Bertz CT molecular complexity index is 601. The number of rotatable bonds is 5. The third kappa shape index (κ3) is 4.54. The maximum Gasteiger partial charge on any atom is 0.0543 e. The summed E-state index contributed by atoms with van der Waals surface area (Å²) in [6, 6.07) is 13.3. The molecule has 21 heavy (non-hydrogen) atoms. The molecular formula is C16H16Cl3NS. The van der Waals surface area contributed by atoms with Gasteiger partial charge in [0.25, 0.3) is 0 Å². The van der Waals surface area contributed by atoms with E-state index in [9.17, 15) is 0 Å². The molecule has 112 valence electrons. The first kappa shape index (κ1) is 17.0. The summed E-state index contributed by atoms with van der Waals surface area (Å²) in [5.74, 6) is 0. The van der Waals surface area contributed by atoms with Crippen molar-refractivity contribution in [2.45, 2.75) is 29.5 Å². The highest BCUT2D eigenvalue weighted by molar-refractivity contribution is 7.99. The van der Waals surface area contributed by atoms with E-state index in [1.807, 2.05) is 36.4 Å². The van der Waals surface area contributed by atoms with Gasteiger partial charge in [-0.15, -0.1) is 11.8 Å². The van der Waals surface area contributed by atoms with E-state index in [2.05, 4.69) is 6.92 Å². The molecule has 0 saturated heterocycles. The average Bonchev–Trinajstić information content (AvgIpc) is 2.48. The summed E-state index contributed by atoms with van der Waals surface area (Å²) < 4.78 is 0. The van der Waals surface area contributed by atoms with Gasteiger partial charge >= 0.3 is 0 Å². The zero-order chi connectivity index (χ0) is 15.4. The van der Waals surface area contributed by atoms with Crippen LogP contribution in [0.4, 0.5) is 0 Å². The van der Waals surface area contributed by atoms with Crippen molar-refractivity contribution >= 4 is 46.6 Å². The lowest BCUT2D eigenvalue weighted by Crippen LogP contribution is -2.25. The first-order valence-electron chi connectivity index (χ1n) is 6.64. The number of hydrogen-bond donors (Lipinski definition) is 1. The summed E-state index contributed by atoms with van der Waals surface area (Å²) in [5.41, 5.74) is 7.43. The Kier molecular flexibility index (Phi) is 6.27. The maximum absolute atomic E-state index is 6.29. The predicted molar refractivity (Wildman–Crippen MR) is 94.8 cm³/mol. The van der Waals surface area contributed by atoms with E-state index in [0.29, 0.717) is 15.1 Å². The molecule has 0 bridgehead atoms. The van der Waals surface area contributed by atoms with Crippen molar-refractivity contribution in [2.24, 2.45) is 5.73 Å². The Morgan fingerprint density at radius 2 is 1.62 bits per heavy atom. The van der Waals surface area contributed by atoms with Gasteiger partial charge in [0.05, 0.1) is 5.02 Å². The van der Waals surface area contributed by atoms with E-state index in [-0.39, 0.29) is 11.3 Å². The predicted octanol–water partition coefficient (Wildman–Crippen LogP) is 6.22. The molecule has 2 rings (SSSR count). The Labute approximate surface area is 144 Å². The van der Waals surface area contributed by atoms with Gasteiger partial charge in [0.15, 0.2) is 0 Å². The van der Waals surface area contributed by atoms with E-state index in [1.54, 1.807) is 17.8 Å². The number of benzene rings is 2. The SMILES string of the molecule is CCC(N)C(Sc1cc(Cl)ccc1Cl)c1ccc(Cl)cc1. The van der Waals surface area contributed by atoms with Gasteiger partial charge in [-0.05, 0) is 42.3 Å². The first-order valence-corrected chi connectivity index (χ1v) is 8.65. The van der Waals surface area contributed by atoms with Crippen molar-refractivity contribution in [3.63, 3.8) is 0 Å². The number of halogens is 3. The van der Waals surface area contributed by atoms with Gasteiger partial charge in [0, 0.05) is 26.2 Å². The van der Waals surface area contributed by atoms with Crippen LogP contribution in [0.25, 0.3) is 0 Å². The highest BCUT2D eigenvalue weighted by Crippen LogP contribution is 2.42. The van der Waals surface area contributed by atoms with Crippen LogP contribution in [0.3, 0.4) is 0 Å². The molecule has 0 aliphatic heterocycles. The molecule has 0 radical (unpaired) electrons. The Morgan fingerprint density at radius 3 is 2.24 bits per heavy atom. The molecule has 5 heteroatoms. The normalized spacial score (nSPS) is 14.0. The van der Waals surface area contributed by atoms with Crippen molar-refractivity contribution in [3.05, 3.63) is 63.1 Å². The van der Waals surface area contributed by atoms with Crippen LogP contribution in [-0.2, 0) is 0 Å². The molecule has 2 aromatic rings. The molecule has 0 spiro atoms. The van der Waals surface area contributed by atoms with Gasteiger partial charge in [-0.25, -0.2) is 0 Å². The number of hydrogen-bond acceptors (Lipinski definition) is 2. The fourth-order valence-corrected chi connectivity index (χ4v) is 3.90. The summed E-state index contributed by atoms with van der Waals surface area (Å²) >= 11 is 19.9. The maximum atomic E-state index is 6.29. The Balaban J connectivity index is 2.32. The summed E-state index contributed by atoms with van der Waals surface area (Å²) in [4.78, 5) is 0.938. The third-order valence-electron chi connectivity index (χ3n) is 3.21. The van der Waals surface area contributed by atoms with Crippen LogP contribution in [0.1, 0.15) is 24.2 Å². The van der Waals surface area contributed by atoms with Crippen molar-refractivity contribution in [1.82, 2.24) is 0 Å². The van der Waals surface area contributed by atoms with E-state index < -0.39 is 0 Å². The molecule has 0 amide bonds. The fraction of sp³-hybridized carbons (Fsp3) is 0.250. The zero-order valence-electron chi connectivity index (χ0n) is 11.5. The fourth-order valence-electron chi connectivity index (χ4n) is 1.97. The van der Waals surface area contributed by atoms with E-state index in [4.69, 9.17) is 40.5 Å². The minimum absolute atomic E-state index is 0.0197. The zero-order valence-corrected chi connectivity index (χ0v) is 14.6. The molecule has 0 aromatic heterocycles. The quantitative estimate of drug-likeness (QED) is 0.641. The molecule has 0 fully saturated rings. The molecular weight excluding hydrogens is 345 g/mol. The average molecular weight is 361 g/mol. The number of thioether (sulfide) groups is 1. The highest BCUT2D eigenvalue weighted by atomic mass is 35.5. The third-order valence-corrected chi connectivity index (χ3v) is 5.60. The standard InChI is InChI=1S/C16H16Cl3NS/c1-2-14(20)16(10-3-5-11(17)6-4-10)21-15-9-12(18)7-8-13(15)19/h3-9,14,16H,2,20H2,1H3. The monoisotopic (exact) mass is 359 g/mol. The highest BCUT2D eigenvalue weighted by Gasteiger charge is 2.21. The van der Waals surface area contributed by atoms with Gasteiger partial charge in [0.1, 0.15) is 0 Å². The molecule has 0 heterocycles. The van der Waals surface area contributed by atoms with Gasteiger partial charge in [-0.3, -0.25) is 0 Å². The smallest absolute Gasteiger partial charge is 0.0543 e. The van der Waals surface area contributed by atoms with E-state index in [0.717, 1.165) is 16.9 Å². The lowest BCUT2D eigenvalue weighted by atomic mass is 10.0. The van der Waals surface area contributed by atoms with Crippen LogP contribution in [0.5, 0.6) is 0 Å². The molecule has 2 atom stereocenters. The van der Waals surface area contributed by atoms with E-state index in [1.165, 1.54) is 0 Å². The van der Waals surface area contributed by atoms with Crippen LogP contribution in [0.2, 0.25) is 15.1 Å². The minimum atomic E-state index is 0.0197. The molecule has 0 saturated carbocycles. The first-order chi connectivity index (χ1) is 10.0. The lowest BCUT2D eigenvalue weighted by Gasteiger charge is -2.23. The van der Waals surface area contributed by atoms with Crippen molar-refractivity contribution in [1.29, 1.82) is 0 Å². The van der Waals surface area contributed by atoms with Crippen molar-refractivity contribution in [2.75, 3.05) is 0 Å². The van der Waals surface area contributed by atoms with Crippen LogP contribution in [0, 0.1) is 0 Å². The molecule has 2 aromatic carbocycles. The van der Waals surface area contributed by atoms with Gasteiger partial charge in [-0.1, -0.05) is 53.9 Å². The topological polar surface area (TPSA) is 26.0 Å². The number of nitrogens with two attached hydrogens (primary N) is 1. The molecule has 2 N–H and O–H groups in total. The molecule has 0 aliphatic carbocycles. The van der Waals surface area contributed by atoms with Crippen molar-refractivity contribution in [3.8, 4) is 0 Å². The summed E-state index contributed by atoms with van der Waals surface area (Å²) in [6.45, 7) is 2.08. The van der Waals surface area contributed by atoms with Crippen LogP contribution < -0.4 is 5.73 Å². The molecule has 2 unspecified atom stereocenters. The van der Waals surface area contributed by atoms with E-state index >= 15 is 0 Å². The lowest BCUT2D eigenvalue weighted by molar-refractivity contribution is 0.634. The summed E-state index contributed by atoms with van der Waals surface area (Å²) in [7, 11) is 0. The Hall–Kier alpha value is -0.380. The van der Waals surface area contributed by atoms with Crippen LogP contribution in [-0.4, -0.2) is 6.04 Å². The van der Waals surface area contributed by atoms with Crippen molar-refractivity contribution < 1.29 is 0 Å². The molecule has 0 aliphatic rings. The second kappa shape index (κ2) is 7.75. The Morgan fingerprint density at radius 1 is 1.00 bits per heavy atom. The van der Waals surface area contributed by atoms with Crippen LogP contribution in [0.15, 0.2) is 47.4 Å².